The second kappa shape index (κ2) is 9.73. The van der Waals surface area contributed by atoms with Gasteiger partial charge in [0.2, 0.25) is 0 Å². The van der Waals surface area contributed by atoms with Crippen LogP contribution in [0, 0.1) is 0 Å². The number of hydrogen-bond acceptors (Lipinski definition) is 0. The summed E-state index contributed by atoms with van der Waals surface area (Å²) in [4.78, 5) is 0. The number of allylic oxidation sites excluding steroid dienone is 3. The summed E-state index contributed by atoms with van der Waals surface area (Å²) in [7, 11) is 0. The van der Waals surface area contributed by atoms with Crippen molar-refractivity contribution in [3.8, 4) is 0 Å². The molecule has 0 aliphatic carbocycles. The SMILES string of the molecule is C/C(=C(\C(=C(/I)c1ccccc1)c1ccccc1)c1ccccc1)c1ccccc1. The average molecular weight is 498 g/mol. The molecule has 30 heavy (non-hydrogen) atoms. The molecule has 0 aromatic heterocycles. The summed E-state index contributed by atoms with van der Waals surface area (Å²) in [5.41, 5.74) is 8.71. The van der Waals surface area contributed by atoms with E-state index in [2.05, 4.69) is 151 Å². The van der Waals surface area contributed by atoms with Gasteiger partial charge in [0.25, 0.3) is 0 Å². The minimum Gasteiger partial charge on any atom is -0.0622 e. The van der Waals surface area contributed by atoms with Crippen molar-refractivity contribution in [2.75, 3.05) is 0 Å². The van der Waals surface area contributed by atoms with Gasteiger partial charge in [-0.2, -0.15) is 0 Å². The molecule has 0 heterocycles. The van der Waals surface area contributed by atoms with Crippen molar-refractivity contribution >= 4 is 42.9 Å². The molecule has 0 radical (unpaired) electrons. The van der Waals surface area contributed by atoms with E-state index in [1.165, 1.54) is 42.6 Å². The molecule has 4 aromatic carbocycles. The van der Waals surface area contributed by atoms with Crippen molar-refractivity contribution < 1.29 is 0 Å². The van der Waals surface area contributed by atoms with Gasteiger partial charge in [-0.25, -0.2) is 0 Å². The number of halogens is 1. The fourth-order valence-electron chi connectivity index (χ4n) is 3.70. The Morgan fingerprint density at radius 2 is 0.767 bits per heavy atom. The van der Waals surface area contributed by atoms with E-state index in [0.29, 0.717) is 0 Å². The van der Waals surface area contributed by atoms with E-state index in [0.717, 1.165) is 0 Å². The number of benzene rings is 4. The summed E-state index contributed by atoms with van der Waals surface area (Å²) in [5, 5.41) is 0. The molecule has 0 bridgehead atoms. The lowest BCUT2D eigenvalue weighted by Crippen LogP contribution is -1.97. The predicted molar refractivity (Wildman–Crippen MR) is 139 cm³/mol. The molecule has 0 unspecified atom stereocenters. The number of hydrogen-bond donors (Lipinski definition) is 0. The monoisotopic (exact) mass is 498 g/mol. The van der Waals surface area contributed by atoms with Crippen LogP contribution in [0.1, 0.15) is 29.2 Å². The highest BCUT2D eigenvalue weighted by molar-refractivity contribution is 14.1. The lowest BCUT2D eigenvalue weighted by molar-refractivity contribution is 1.53. The fourth-order valence-corrected chi connectivity index (χ4v) is 4.64. The van der Waals surface area contributed by atoms with Crippen molar-refractivity contribution in [3.63, 3.8) is 0 Å². The van der Waals surface area contributed by atoms with E-state index in [1.54, 1.807) is 0 Å². The molecule has 0 amide bonds. The highest BCUT2D eigenvalue weighted by atomic mass is 127. The summed E-state index contributed by atoms with van der Waals surface area (Å²) in [6.45, 7) is 2.23. The van der Waals surface area contributed by atoms with Gasteiger partial charge in [-0.1, -0.05) is 121 Å². The Kier molecular flexibility index (Phi) is 6.60. The zero-order chi connectivity index (χ0) is 20.8. The molecular weight excluding hydrogens is 475 g/mol. The first-order chi connectivity index (χ1) is 14.8. The predicted octanol–water partition coefficient (Wildman–Crippen LogP) is 8.62. The molecule has 0 atom stereocenters. The first-order valence-corrected chi connectivity index (χ1v) is 11.2. The molecule has 1 heteroatoms. The molecule has 0 saturated carbocycles. The minimum absolute atomic E-state index is 1.22. The highest BCUT2D eigenvalue weighted by Gasteiger charge is 2.19. The summed E-state index contributed by atoms with van der Waals surface area (Å²) < 4.78 is 1.24. The Bertz CT molecular complexity index is 1060. The smallest absolute Gasteiger partial charge is 0.0287 e. The second-order valence-electron chi connectivity index (χ2n) is 7.15. The van der Waals surface area contributed by atoms with Crippen LogP contribution in [0.4, 0.5) is 0 Å². The highest BCUT2D eigenvalue weighted by Crippen LogP contribution is 2.44. The summed E-state index contributed by atoms with van der Waals surface area (Å²) in [5.74, 6) is 0. The maximum absolute atomic E-state index is 2.51. The Labute approximate surface area is 192 Å². The summed E-state index contributed by atoms with van der Waals surface area (Å²) in [6, 6.07) is 42.8. The molecule has 0 N–H and O–H groups in total. The van der Waals surface area contributed by atoms with Crippen molar-refractivity contribution in [2.24, 2.45) is 0 Å². The Morgan fingerprint density at radius 3 is 1.20 bits per heavy atom. The zero-order valence-electron chi connectivity index (χ0n) is 16.9. The van der Waals surface area contributed by atoms with Crippen LogP contribution < -0.4 is 0 Å². The van der Waals surface area contributed by atoms with Crippen LogP contribution in [-0.4, -0.2) is 0 Å². The molecule has 0 aliphatic heterocycles. The molecule has 4 rings (SSSR count). The normalized spacial score (nSPS) is 12.7. The Morgan fingerprint density at radius 1 is 0.433 bits per heavy atom. The van der Waals surface area contributed by atoms with E-state index in [4.69, 9.17) is 0 Å². The van der Waals surface area contributed by atoms with Gasteiger partial charge in [0, 0.05) is 9.15 Å². The van der Waals surface area contributed by atoms with Gasteiger partial charge in [-0.05, 0) is 62.9 Å². The average Bonchev–Trinajstić information content (AvgIpc) is 2.84. The van der Waals surface area contributed by atoms with Crippen LogP contribution in [0.3, 0.4) is 0 Å². The first-order valence-electron chi connectivity index (χ1n) is 10.1. The fraction of sp³-hybridized carbons (Fsp3) is 0.0345. The third-order valence-electron chi connectivity index (χ3n) is 5.20. The Hall–Kier alpha value is -2.91. The summed E-state index contributed by atoms with van der Waals surface area (Å²) in [6.07, 6.45) is 0. The molecule has 0 saturated heterocycles. The van der Waals surface area contributed by atoms with E-state index >= 15 is 0 Å². The number of rotatable bonds is 5. The van der Waals surface area contributed by atoms with E-state index in [1.807, 2.05) is 0 Å². The Balaban J connectivity index is 2.07. The van der Waals surface area contributed by atoms with Crippen molar-refractivity contribution in [3.05, 3.63) is 144 Å². The third kappa shape index (κ3) is 4.47. The van der Waals surface area contributed by atoms with Gasteiger partial charge >= 0.3 is 0 Å². The van der Waals surface area contributed by atoms with Gasteiger partial charge in [0.15, 0.2) is 0 Å². The molecule has 146 valence electrons. The molecule has 0 fully saturated rings. The van der Waals surface area contributed by atoms with E-state index < -0.39 is 0 Å². The van der Waals surface area contributed by atoms with Crippen LogP contribution in [0.5, 0.6) is 0 Å². The van der Waals surface area contributed by atoms with Gasteiger partial charge in [-0.3, -0.25) is 0 Å². The van der Waals surface area contributed by atoms with E-state index in [-0.39, 0.29) is 0 Å². The van der Waals surface area contributed by atoms with Gasteiger partial charge in [0.1, 0.15) is 0 Å². The van der Waals surface area contributed by atoms with Crippen LogP contribution in [0.25, 0.3) is 20.3 Å². The van der Waals surface area contributed by atoms with Crippen LogP contribution >= 0.6 is 22.6 Å². The van der Waals surface area contributed by atoms with Gasteiger partial charge in [-0.15, -0.1) is 0 Å². The van der Waals surface area contributed by atoms with E-state index in [9.17, 15) is 0 Å². The summed E-state index contributed by atoms with van der Waals surface area (Å²) >= 11 is 2.51. The zero-order valence-corrected chi connectivity index (χ0v) is 19.1. The quantitative estimate of drug-likeness (QED) is 0.147. The second-order valence-corrected chi connectivity index (χ2v) is 8.23. The molecular formula is C29H23I. The maximum atomic E-state index is 2.51. The minimum atomic E-state index is 1.22. The van der Waals surface area contributed by atoms with Crippen LogP contribution in [-0.2, 0) is 0 Å². The first kappa shape index (κ1) is 20.4. The van der Waals surface area contributed by atoms with Crippen molar-refractivity contribution in [1.82, 2.24) is 0 Å². The maximum Gasteiger partial charge on any atom is 0.0287 e. The van der Waals surface area contributed by atoms with Crippen LogP contribution in [0.2, 0.25) is 0 Å². The van der Waals surface area contributed by atoms with Gasteiger partial charge in [0.05, 0.1) is 0 Å². The largest absolute Gasteiger partial charge is 0.0622 e. The van der Waals surface area contributed by atoms with Gasteiger partial charge < -0.3 is 0 Å². The molecule has 0 nitrogen and oxygen atoms in total. The topological polar surface area (TPSA) is 0 Å². The lowest BCUT2D eigenvalue weighted by atomic mass is 9.85. The van der Waals surface area contributed by atoms with Crippen molar-refractivity contribution in [1.29, 1.82) is 0 Å². The molecule has 0 spiro atoms. The molecule has 0 aliphatic rings. The van der Waals surface area contributed by atoms with Crippen molar-refractivity contribution in [2.45, 2.75) is 6.92 Å². The molecule has 4 aromatic rings. The third-order valence-corrected chi connectivity index (χ3v) is 6.37. The lowest BCUT2D eigenvalue weighted by Gasteiger charge is -2.20. The van der Waals surface area contributed by atoms with Crippen LogP contribution in [0.15, 0.2) is 121 Å². The standard InChI is InChI=1S/C29H23I/c1-22(23-14-6-2-7-15-23)27(24-16-8-3-9-17-24)28(25-18-10-4-11-19-25)29(30)26-20-12-5-13-21-26/h2-21H,1H3/b27-22+,29-28-.